The summed E-state index contributed by atoms with van der Waals surface area (Å²) in [5.74, 6) is -0.443. The van der Waals surface area contributed by atoms with Gasteiger partial charge in [0.2, 0.25) is 11.8 Å². The number of nitrogens with zero attached hydrogens (tertiary/aromatic N) is 3. The third-order valence-electron chi connectivity index (χ3n) is 5.15. The normalized spacial score (nSPS) is 10.9. The maximum atomic E-state index is 12.5. The lowest BCUT2D eigenvalue weighted by Crippen LogP contribution is -2.36. The largest absolute Gasteiger partial charge is 0.336 e. The fraction of sp³-hybridized carbons (Fsp3) is 0.318. The molecule has 0 spiro atoms. The Kier molecular flexibility index (Phi) is 5.87. The van der Waals surface area contributed by atoms with Gasteiger partial charge in [0.1, 0.15) is 0 Å². The molecule has 3 aromatic rings. The number of carbonyl (C=O) groups excluding carboxylic acids is 2. The second kappa shape index (κ2) is 8.34. The highest BCUT2D eigenvalue weighted by molar-refractivity contribution is 5.95. The lowest BCUT2D eigenvalue weighted by atomic mass is 10.1. The highest BCUT2D eigenvalue weighted by atomic mass is 16.2. The zero-order valence-corrected chi connectivity index (χ0v) is 17.2. The molecule has 1 heterocycles. The van der Waals surface area contributed by atoms with E-state index in [0.29, 0.717) is 0 Å². The number of aromatic nitrogens is 2. The molecule has 0 saturated carbocycles. The minimum absolute atomic E-state index is 0.0446. The van der Waals surface area contributed by atoms with Gasteiger partial charge in [-0.15, -0.1) is 0 Å². The van der Waals surface area contributed by atoms with Crippen LogP contribution < -0.4 is 11.0 Å². The summed E-state index contributed by atoms with van der Waals surface area (Å²) in [4.78, 5) is 38.7. The molecular formula is C22H26N4O3. The van der Waals surface area contributed by atoms with Crippen LogP contribution in [0, 0.1) is 13.8 Å². The van der Waals surface area contributed by atoms with Gasteiger partial charge in [0.05, 0.1) is 17.6 Å². The number of benzene rings is 2. The fourth-order valence-electron chi connectivity index (χ4n) is 3.47. The number of aryl methyl sites for hydroxylation is 4. The van der Waals surface area contributed by atoms with Crippen LogP contribution in [0.15, 0.2) is 47.3 Å². The zero-order valence-electron chi connectivity index (χ0n) is 17.2. The monoisotopic (exact) mass is 394 g/mol. The van der Waals surface area contributed by atoms with Crippen molar-refractivity contribution < 1.29 is 9.59 Å². The Labute approximate surface area is 169 Å². The first-order valence-electron chi connectivity index (χ1n) is 9.54. The second-order valence-electron chi connectivity index (χ2n) is 7.30. The van der Waals surface area contributed by atoms with Crippen molar-refractivity contribution in [2.75, 3.05) is 18.9 Å². The Bertz CT molecular complexity index is 1110. The molecule has 0 aliphatic heterocycles. The van der Waals surface area contributed by atoms with Gasteiger partial charge in [0.15, 0.2) is 0 Å². The van der Waals surface area contributed by atoms with Gasteiger partial charge >= 0.3 is 5.69 Å². The second-order valence-corrected chi connectivity index (χ2v) is 7.30. The number of anilines is 1. The molecule has 0 unspecified atom stereocenters. The number of imidazole rings is 1. The SMILES string of the molecule is Cc1cccc(C)c1NC(=O)CN(C)C(=O)CCn1c(=O)n(C)c2ccccc21. The van der Waals surface area contributed by atoms with Gasteiger partial charge < -0.3 is 10.2 Å². The van der Waals surface area contributed by atoms with Crippen LogP contribution in [-0.2, 0) is 23.2 Å². The molecule has 0 aliphatic carbocycles. The summed E-state index contributed by atoms with van der Waals surface area (Å²) < 4.78 is 3.17. The molecule has 1 aromatic heterocycles. The minimum Gasteiger partial charge on any atom is -0.336 e. The quantitative estimate of drug-likeness (QED) is 0.698. The number of carbonyl (C=O) groups is 2. The molecule has 0 aliphatic rings. The summed E-state index contributed by atoms with van der Waals surface area (Å²) in [7, 11) is 3.31. The van der Waals surface area contributed by atoms with E-state index in [1.807, 2.05) is 56.3 Å². The fourth-order valence-corrected chi connectivity index (χ4v) is 3.47. The highest BCUT2D eigenvalue weighted by Crippen LogP contribution is 2.19. The summed E-state index contributed by atoms with van der Waals surface area (Å²) in [6.07, 6.45) is 0.140. The number of hydrogen-bond donors (Lipinski definition) is 1. The average molecular weight is 394 g/mol. The van der Waals surface area contributed by atoms with E-state index in [9.17, 15) is 14.4 Å². The van der Waals surface area contributed by atoms with E-state index < -0.39 is 0 Å². The molecule has 152 valence electrons. The molecule has 0 saturated heterocycles. The van der Waals surface area contributed by atoms with Gasteiger partial charge in [0.25, 0.3) is 0 Å². The van der Waals surface area contributed by atoms with Crippen molar-refractivity contribution in [3.63, 3.8) is 0 Å². The van der Waals surface area contributed by atoms with Crippen molar-refractivity contribution in [3.05, 3.63) is 64.1 Å². The number of hydrogen-bond acceptors (Lipinski definition) is 3. The average Bonchev–Trinajstić information content (AvgIpc) is 2.93. The molecule has 7 heteroatoms. The molecule has 29 heavy (non-hydrogen) atoms. The smallest absolute Gasteiger partial charge is 0.328 e. The van der Waals surface area contributed by atoms with Gasteiger partial charge in [-0.2, -0.15) is 0 Å². The molecule has 1 N–H and O–H groups in total. The molecule has 0 radical (unpaired) electrons. The van der Waals surface area contributed by atoms with Crippen LogP contribution >= 0.6 is 0 Å². The number of likely N-dealkylation sites (N-methyl/N-ethyl adjacent to an activating group) is 1. The number of amides is 2. The summed E-state index contributed by atoms with van der Waals surface area (Å²) in [6, 6.07) is 13.3. The van der Waals surface area contributed by atoms with E-state index in [-0.39, 0.29) is 37.0 Å². The first-order valence-corrected chi connectivity index (χ1v) is 9.54. The lowest BCUT2D eigenvalue weighted by Gasteiger charge is -2.18. The van der Waals surface area contributed by atoms with Crippen LogP contribution in [-0.4, -0.2) is 39.4 Å². The van der Waals surface area contributed by atoms with Crippen LogP contribution in [0.5, 0.6) is 0 Å². The van der Waals surface area contributed by atoms with Gasteiger partial charge in [-0.05, 0) is 37.1 Å². The van der Waals surface area contributed by atoms with Crippen LogP contribution in [0.3, 0.4) is 0 Å². The molecular weight excluding hydrogens is 368 g/mol. The number of para-hydroxylation sites is 3. The third-order valence-corrected chi connectivity index (χ3v) is 5.15. The number of rotatable bonds is 6. The molecule has 0 atom stereocenters. The van der Waals surface area contributed by atoms with Crippen molar-refractivity contribution in [1.82, 2.24) is 14.0 Å². The Morgan fingerprint density at radius 3 is 2.28 bits per heavy atom. The standard InChI is InChI=1S/C22H26N4O3/c1-15-8-7-9-16(2)21(15)23-19(27)14-24(3)20(28)12-13-26-18-11-6-5-10-17(18)25(4)22(26)29/h5-11H,12-14H2,1-4H3,(H,23,27). The van der Waals surface area contributed by atoms with Crippen molar-refractivity contribution >= 4 is 28.5 Å². The van der Waals surface area contributed by atoms with Crippen LogP contribution in [0.25, 0.3) is 11.0 Å². The Balaban J connectivity index is 1.62. The van der Waals surface area contributed by atoms with Crippen molar-refractivity contribution in [2.45, 2.75) is 26.8 Å². The molecule has 0 bridgehead atoms. The van der Waals surface area contributed by atoms with Crippen molar-refractivity contribution in [2.24, 2.45) is 7.05 Å². The van der Waals surface area contributed by atoms with E-state index in [4.69, 9.17) is 0 Å². The summed E-state index contributed by atoms with van der Waals surface area (Å²) in [6.45, 7) is 4.08. The van der Waals surface area contributed by atoms with E-state index in [2.05, 4.69) is 5.32 Å². The van der Waals surface area contributed by atoms with E-state index in [1.165, 1.54) is 4.90 Å². The number of nitrogens with one attached hydrogen (secondary N) is 1. The Hall–Kier alpha value is -3.35. The minimum atomic E-state index is -0.249. The van der Waals surface area contributed by atoms with Crippen LogP contribution in [0.1, 0.15) is 17.5 Å². The van der Waals surface area contributed by atoms with Crippen LogP contribution in [0.4, 0.5) is 5.69 Å². The van der Waals surface area contributed by atoms with Gasteiger partial charge in [-0.25, -0.2) is 4.79 Å². The molecule has 3 rings (SSSR count). The first kappa shape index (κ1) is 20.4. The number of fused-ring (bicyclic) bond motifs is 1. The third kappa shape index (κ3) is 4.23. The summed E-state index contributed by atoms with van der Waals surface area (Å²) in [5, 5.41) is 2.88. The topological polar surface area (TPSA) is 76.3 Å². The molecule has 0 fully saturated rings. The zero-order chi connectivity index (χ0) is 21.1. The Morgan fingerprint density at radius 2 is 1.62 bits per heavy atom. The first-order chi connectivity index (χ1) is 13.8. The van der Waals surface area contributed by atoms with Gasteiger partial charge in [-0.3, -0.25) is 18.7 Å². The van der Waals surface area contributed by atoms with E-state index in [0.717, 1.165) is 27.8 Å². The summed E-state index contributed by atoms with van der Waals surface area (Å²) >= 11 is 0. The van der Waals surface area contributed by atoms with Gasteiger partial charge in [0, 0.05) is 32.7 Å². The van der Waals surface area contributed by atoms with E-state index >= 15 is 0 Å². The van der Waals surface area contributed by atoms with Crippen molar-refractivity contribution in [1.29, 1.82) is 0 Å². The van der Waals surface area contributed by atoms with Crippen molar-refractivity contribution in [3.8, 4) is 0 Å². The highest BCUT2D eigenvalue weighted by Gasteiger charge is 2.16. The lowest BCUT2D eigenvalue weighted by molar-refractivity contribution is -0.133. The maximum absolute atomic E-state index is 12.5. The molecule has 7 nitrogen and oxygen atoms in total. The summed E-state index contributed by atoms with van der Waals surface area (Å²) in [5.41, 5.74) is 4.19. The Morgan fingerprint density at radius 1 is 1.00 bits per heavy atom. The van der Waals surface area contributed by atoms with Gasteiger partial charge in [-0.1, -0.05) is 30.3 Å². The predicted molar refractivity (Wildman–Crippen MR) is 114 cm³/mol. The predicted octanol–water partition coefficient (Wildman–Crippen LogP) is 2.44. The molecule has 2 aromatic carbocycles. The van der Waals surface area contributed by atoms with E-state index in [1.54, 1.807) is 23.2 Å². The molecule has 2 amide bonds. The van der Waals surface area contributed by atoms with Crippen LogP contribution in [0.2, 0.25) is 0 Å². The maximum Gasteiger partial charge on any atom is 0.328 e.